The highest BCUT2D eigenvalue weighted by molar-refractivity contribution is 5.84. The fourth-order valence-electron chi connectivity index (χ4n) is 3.57. The van der Waals surface area contributed by atoms with Crippen LogP contribution in [0.5, 0.6) is 11.5 Å². The minimum absolute atomic E-state index is 0.0591. The zero-order valence-electron chi connectivity index (χ0n) is 14.7. The highest BCUT2D eigenvalue weighted by Crippen LogP contribution is 2.50. The Bertz CT molecular complexity index is 747. The third kappa shape index (κ3) is 2.89. The summed E-state index contributed by atoms with van der Waals surface area (Å²) in [6.07, 6.45) is 4.40. The zero-order valence-corrected chi connectivity index (χ0v) is 14.7. The lowest BCUT2D eigenvalue weighted by Crippen LogP contribution is -2.30. The lowest BCUT2D eigenvalue weighted by Gasteiger charge is -2.36. The summed E-state index contributed by atoms with van der Waals surface area (Å²) in [4.78, 5) is 0. The summed E-state index contributed by atoms with van der Waals surface area (Å²) in [5.74, 6) is 0.941. The lowest BCUT2D eigenvalue weighted by atomic mass is 9.82. The van der Waals surface area contributed by atoms with Gasteiger partial charge in [0.05, 0.1) is 12.2 Å². The van der Waals surface area contributed by atoms with E-state index in [2.05, 4.69) is 6.92 Å². The Morgan fingerprint density at radius 2 is 1.88 bits per heavy atom. The summed E-state index contributed by atoms with van der Waals surface area (Å²) in [6, 6.07) is 9.72. The highest BCUT2D eigenvalue weighted by Gasteiger charge is 2.35. The molecule has 24 heavy (non-hydrogen) atoms. The normalized spacial score (nSPS) is 14.7. The maximum atomic E-state index is 10.7. The molecule has 0 unspecified atom stereocenters. The Kier molecular flexibility index (Phi) is 4.55. The van der Waals surface area contributed by atoms with E-state index in [1.807, 2.05) is 44.2 Å². The molecular formula is C21H26O3. The van der Waals surface area contributed by atoms with Crippen LogP contribution < -0.4 is 4.74 Å². The number of unbranched alkanes of at least 4 members (excludes halogenated alkanes) is 2. The molecule has 0 saturated heterocycles. The molecule has 2 N–H and O–H groups in total. The molecule has 0 fully saturated rings. The molecular weight excluding hydrogens is 300 g/mol. The third-order valence-corrected chi connectivity index (χ3v) is 4.79. The number of phenols is 1. The van der Waals surface area contributed by atoms with Crippen molar-refractivity contribution in [1.82, 2.24) is 0 Å². The predicted octanol–water partition coefficient (Wildman–Crippen LogP) is 4.91. The van der Waals surface area contributed by atoms with Crippen LogP contribution in [0.4, 0.5) is 0 Å². The van der Waals surface area contributed by atoms with Crippen molar-refractivity contribution >= 4 is 0 Å². The molecule has 0 spiro atoms. The van der Waals surface area contributed by atoms with Gasteiger partial charge in [0, 0.05) is 11.1 Å². The van der Waals surface area contributed by atoms with Crippen LogP contribution in [0.25, 0.3) is 11.1 Å². The smallest absolute Gasteiger partial charge is 0.132 e. The molecule has 1 aliphatic rings. The van der Waals surface area contributed by atoms with Crippen molar-refractivity contribution in [2.75, 3.05) is 0 Å². The second kappa shape index (κ2) is 6.48. The molecule has 3 heteroatoms. The van der Waals surface area contributed by atoms with Crippen molar-refractivity contribution in [2.24, 2.45) is 0 Å². The highest BCUT2D eigenvalue weighted by atomic mass is 16.5. The fraction of sp³-hybridized carbons (Fsp3) is 0.429. The van der Waals surface area contributed by atoms with Crippen molar-refractivity contribution in [3.63, 3.8) is 0 Å². The molecule has 1 aliphatic heterocycles. The summed E-state index contributed by atoms with van der Waals surface area (Å²) in [5.41, 5.74) is 4.02. The van der Waals surface area contributed by atoms with Crippen molar-refractivity contribution < 1.29 is 14.9 Å². The van der Waals surface area contributed by atoms with Gasteiger partial charge in [-0.3, -0.25) is 0 Å². The summed E-state index contributed by atoms with van der Waals surface area (Å²) >= 11 is 0. The topological polar surface area (TPSA) is 49.7 Å². The van der Waals surface area contributed by atoms with Gasteiger partial charge < -0.3 is 14.9 Å². The Balaban J connectivity index is 2.13. The summed E-state index contributed by atoms with van der Waals surface area (Å²) in [6.45, 7) is 6.17. The van der Waals surface area contributed by atoms with E-state index in [9.17, 15) is 10.2 Å². The largest absolute Gasteiger partial charge is 0.507 e. The molecule has 3 rings (SSSR count). The summed E-state index contributed by atoms with van der Waals surface area (Å²) in [5, 5.41) is 20.4. The monoisotopic (exact) mass is 326 g/mol. The zero-order chi connectivity index (χ0) is 17.3. The first-order valence-electron chi connectivity index (χ1n) is 8.76. The Morgan fingerprint density at radius 1 is 1.08 bits per heavy atom. The van der Waals surface area contributed by atoms with E-state index in [1.54, 1.807) is 0 Å². The minimum atomic E-state index is -0.498. The fourth-order valence-corrected chi connectivity index (χ4v) is 3.57. The average molecular weight is 326 g/mol. The van der Waals surface area contributed by atoms with E-state index >= 15 is 0 Å². The molecule has 128 valence electrons. The Morgan fingerprint density at radius 3 is 2.58 bits per heavy atom. The van der Waals surface area contributed by atoms with E-state index in [0.717, 1.165) is 35.1 Å². The second-order valence-corrected chi connectivity index (χ2v) is 7.06. The number of fused-ring (bicyclic) bond motifs is 3. The predicted molar refractivity (Wildman–Crippen MR) is 96.3 cm³/mol. The Labute approximate surface area is 143 Å². The number of hydrogen-bond acceptors (Lipinski definition) is 3. The number of hydrogen-bond donors (Lipinski definition) is 2. The van der Waals surface area contributed by atoms with Gasteiger partial charge in [0.15, 0.2) is 0 Å². The molecule has 0 amide bonds. The van der Waals surface area contributed by atoms with Crippen LogP contribution in [0.3, 0.4) is 0 Å². The standard InChI is InChI=1S/C21H26O3/c1-4-5-6-8-14-11-17(23)20-18(12-14)24-21(2,3)16-10-7-9-15(13-22)19(16)20/h7,9-12,22-23H,4-6,8,13H2,1-3H3. The van der Waals surface area contributed by atoms with Gasteiger partial charge in [0.2, 0.25) is 0 Å². The maximum Gasteiger partial charge on any atom is 0.132 e. The van der Waals surface area contributed by atoms with Crippen molar-refractivity contribution in [3.8, 4) is 22.6 Å². The van der Waals surface area contributed by atoms with Crippen molar-refractivity contribution in [1.29, 1.82) is 0 Å². The van der Waals surface area contributed by atoms with E-state index in [0.29, 0.717) is 11.3 Å². The SMILES string of the molecule is CCCCCc1cc(O)c2c(c1)OC(C)(C)c1cccc(CO)c1-2. The van der Waals surface area contributed by atoms with Crippen LogP contribution in [0.15, 0.2) is 30.3 Å². The van der Waals surface area contributed by atoms with Gasteiger partial charge in [-0.25, -0.2) is 0 Å². The first-order valence-corrected chi connectivity index (χ1v) is 8.76. The van der Waals surface area contributed by atoms with Gasteiger partial charge in [-0.15, -0.1) is 0 Å². The van der Waals surface area contributed by atoms with Crippen LogP contribution in [-0.4, -0.2) is 10.2 Å². The summed E-state index contributed by atoms with van der Waals surface area (Å²) in [7, 11) is 0. The van der Waals surface area contributed by atoms with Crippen molar-refractivity contribution in [2.45, 2.75) is 58.7 Å². The average Bonchev–Trinajstić information content (AvgIpc) is 2.53. The minimum Gasteiger partial charge on any atom is -0.507 e. The van der Waals surface area contributed by atoms with Crippen LogP contribution in [-0.2, 0) is 18.6 Å². The van der Waals surface area contributed by atoms with Gasteiger partial charge >= 0.3 is 0 Å². The van der Waals surface area contributed by atoms with E-state index in [1.165, 1.54) is 12.8 Å². The first-order chi connectivity index (χ1) is 11.5. The molecule has 0 atom stereocenters. The quantitative estimate of drug-likeness (QED) is 0.767. The number of benzene rings is 2. The number of ether oxygens (including phenoxy) is 1. The number of rotatable bonds is 5. The molecule has 3 nitrogen and oxygen atoms in total. The molecule has 0 radical (unpaired) electrons. The maximum absolute atomic E-state index is 10.7. The molecule has 2 aromatic rings. The van der Waals surface area contributed by atoms with Crippen molar-refractivity contribution in [3.05, 3.63) is 47.0 Å². The number of phenolic OH excluding ortho intramolecular Hbond substituents is 1. The molecule has 0 aliphatic carbocycles. The van der Waals surface area contributed by atoms with Crippen LogP contribution >= 0.6 is 0 Å². The van der Waals surface area contributed by atoms with Gasteiger partial charge in [-0.2, -0.15) is 0 Å². The first kappa shape index (κ1) is 16.8. The van der Waals surface area contributed by atoms with E-state index in [4.69, 9.17) is 4.74 Å². The third-order valence-electron chi connectivity index (χ3n) is 4.79. The Hall–Kier alpha value is -2.00. The number of aliphatic hydroxyl groups is 1. The van der Waals surface area contributed by atoms with Crippen LogP contribution in [0, 0.1) is 0 Å². The van der Waals surface area contributed by atoms with E-state index in [-0.39, 0.29) is 12.4 Å². The number of aromatic hydroxyl groups is 1. The van der Waals surface area contributed by atoms with Crippen LogP contribution in [0.2, 0.25) is 0 Å². The molecule has 0 bridgehead atoms. The molecule has 0 saturated carbocycles. The molecule has 0 aromatic heterocycles. The number of aryl methyl sites for hydroxylation is 1. The second-order valence-electron chi connectivity index (χ2n) is 7.06. The summed E-state index contributed by atoms with van der Waals surface area (Å²) < 4.78 is 6.23. The van der Waals surface area contributed by atoms with Gasteiger partial charge in [-0.1, -0.05) is 38.0 Å². The van der Waals surface area contributed by atoms with E-state index < -0.39 is 5.60 Å². The van der Waals surface area contributed by atoms with Crippen LogP contribution in [0.1, 0.15) is 56.7 Å². The van der Waals surface area contributed by atoms with Gasteiger partial charge in [0.1, 0.15) is 17.1 Å². The van der Waals surface area contributed by atoms with Gasteiger partial charge in [0.25, 0.3) is 0 Å². The molecule has 2 aromatic carbocycles. The van der Waals surface area contributed by atoms with Gasteiger partial charge in [-0.05, 0) is 49.9 Å². The molecule has 1 heterocycles. The lowest BCUT2D eigenvalue weighted by molar-refractivity contribution is 0.105. The number of aliphatic hydroxyl groups excluding tert-OH is 1.